The van der Waals surface area contributed by atoms with Crippen molar-refractivity contribution in [2.75, 3.05) is 33.2 Å². The number of likely N-dealkylation sites (tertiary alicyclic amines) is 2. The van der Waals surface area contributed by atoms with E-state index in [1.165, 1.54) is 45.3 Å². The van der Waals surface area contributed by atoms with Crippen LogP contribution in [-0.4, -0.2) is 60.1 Å². The van der Waals surface area contributed by atoms with E-state index in [-0.39, 0.29) is 0 Å². The molecular weight excluding hydrogens is 240 g/mol. The third kappa shape index (κ3) is 4.18. The molecule has 2 heterocycles. The molecule has 4 nitrogen and oxygen atoms in total. The third-order valence-corrected chi connectivity index (χ3v) is 4.91. The molecule has 4 heteroatoms. The first-order valence-corrected chi connectivity index (χ1v) is 7.70. The number of hydrogen-bond donors (Lipinski definition) is 1. The van der Waals surface area contributed by atoms with Gasteiger partial charge in [0.1, 0.15) is 0 Å². The Morgan fingerprint density at radius 2 is 2.00 bits per heavy atom. The van der Waals surface area contributed by atoms with Gasteiger partial charge in [-0.1, -0.05) is 6.92 Å². The maximum Gasteiger partial charge on any atom is 0.303 e. The smallest absolute Gasteiger partial charge is 0.303 e. The van der Waals surface area contributed by atoms with E-state index < -0.39 is 5.97 Å². The van der Waals surface area contributed by atoms with Gasteiger partial charge >= 0.3 is 5.97 Å². The van der Waals surface area contributed by atoms with Crippen LogP contribution in [0.2, 0.25) is 0 Å². The zero-order valence-corrected chi connectivity index (χ0v) is 12.3. The number of carbonyl (C=O) groups is 1. The maximum atomic E-state index is 10.9. The average molecular weight is 268 g/mol. The van der Waals surface area contributed by atoms with Gasteiger partial charge in [-0.2, -0.15) is 0 Å². The third-order valence-electron chi connectivity index (χ3n) is 4.91. The van der Waals surface area contributed by atoms with E-state index in [4.69, 9.17) is 5.11 Å². The molecule has 0 bridgehead atoms. The van der Waals surface area contributed by atoms with E-state index in [0.29, 0.717) is 24.3 Å². The first-order valence-electron chi connectivity index (χ1n) is 7.70. The average Bonchev–Trinajstić information content (AvgIpc) is 2.38. The van der Waals surface area contributed by atoms with Crippen LogP contribution in [-0.2, 0) is 4.79 Å². The van der Waals surface area contributed by atoms with Crippen LogP contribution in [0.15, 0.2) is 0 Å². The minimum Gasteiger partial charge on any atom is -0.481 e. The first kappa shape index (κ1) is 14.8. The second-order valence-electron chi connectivity index (χ2n) is 6.53. The minimum absolute atomic E-state index is 0.307. The second-order valence-corrected chi connectivity index (χ2v) is 6.53. The predicted molar refractivity (Wildman–Crippen MR) is 76.2 cm³/mol. The summed E-state index contributed by atoms with van der Waals surface area (Å²) in [4.78, 5) is 15.9. The number of carboxylic acids is 1. The SMILES string of the molecule is CC(CC(=O)O)C1CCCN(C2CCCN(C)C2)C1. The summed E-state index contributed by atoms with van der Waals surface area (Å²) in [5.41, 5.74) is 0. The quantitative estimate of drug-likeness (QED) is 0.846. The van der Waals surface area contributed by atoms with Gasteiger partial charge in [-0.15, -0.1) is 0 Å². The molecule has 2 aliphatic heterocycles. The number of piperidine rings is 2. The molecule has 2 fully saturated rings. The van der Waals surface area contributed by atoms with Gasteiger partial charge < -0.3 is 10.0 Å². The molecule has 0 aromatic rings. The van der Waals surface area contributed by atoms with Crippen molar-refractivity contribution in [1.82, 2.24) is 9.80 Å². The molecule has 3 unspecified atom stereocenters. The Morgan fingerprint density at radius 3 is 2.68 bits per heavy atom. The lowest BCUT2D eigenvalue weighted by Crippen LogP contribution is -2.50. The molecule has 0 aromatic carbocycles. The molecule has 2 saturated heterocycles. The maximum absolute atomic E-state index is 10.9. The summed E-state index contributed by atoms with van der Waals surface area (Å²) in [5, 5.41) is 8.94. The molecule has 0 aliphatic carbocycles. The first-order chi connectivity index (χ1) is 9.06. The van der Waals surface area contributed by atoms with Crippen LogP contribution in [0.25, 0.3) is 0 Å². The normalized spacial score (nSPS) is 32.1. The number of rotatable bonds is 4. The molecular formula is C15H28N2O2. The highest BCUT2D eigenvalue weighted by Gasteiger charge is 2.31. The van der Waals surface area contributed by atoms with Crippen molar-refractivity contribution < 1.29 is 9.90 Å². The van der Waals surface area contributed by atoms with E-state index in [2.05, 4.69) is 23.8 Å². The standard InChI is InChI=1S/C15H28N2O2/c1-12(9-15(18)19)13-5-3-8-17(10-13)14-6-4-7-16(2)11-14/h12-14H,3-11H2,1-2H3,(H,18,19). The van der Waals surface area contributed by atoms with Crippen LogP contribution in [0, 0.1) is 11.8 Å². The zero-order chi connectivity index (χ0) is 13.8. The van der Waals surface area contributed by atoms with Crippen molar-refractivity contribution in [3.8, 4) is 0 Å². The van der Waals surface area contributed by atoms with Gasteiger partial charge in [-0.05, 0) is 57.7 Å². The highest BCUT2D eigenvalue weighted by molar-refractivity contribution is 5.67. The summed E-state index contributed by atoms with van der Waals surface area (Å²) in [5.74, 6) is 0.223. The van der Waals surface area contributed by atoms with Crippen molar-refractivity contribution >= 4 is 5.97 Å². The molecule has 2 aliphatic rings. The van der Waals surface area contributed by atoms with Gasteiger partial charge in [0.2, 0.25) is 0 Å². The summed E-state index contributed by atoms with van der Waals surface area (Å²) < 4.78 is 0. The predicted octanol–water partition coefficient (Wildman–Crippen LogP) is 1.90. The van der Waals surface area contributed by atoms with Crippen molar-refractivity contribution in [1.29, 1.82) is 0 Å². The molecule has 0 amide bonds. The van der Waals surface area contributed by atoms with E-state index in [1.807, 2.05) is 0 Å². The monoisotopic (exact) mass is 268 g/mol. The van der Waals surface area contributed by atoms with Crippen LogP contribution in [0.1, 0.15) is 39.0 Å². The van der Waals surface area contributed by atoms with Gasteiger partial charge in [-0.3, -0.25) is 9.69 Å². The van der Waals surface area contributed by atoms with Gasteiger partial charge in [0.25, 0.3) is 0 Å². The van der Waals surface area contributed by atoms with Crippen molar-refractivity contribution in [2.24, 2.45) is 11.8 Å². The fourth-order valence-corrected chi connectivity index (χ4v) is 3.72. The summed E-state index contributed by atoms with van der Waals surface area (Å²) in [6.45, 7) is 6.82. The Bertz CT molecular complexity index is 309. The van der Waals surface area contributed by atoms with E-state index in [9.17, 15) is 4.79 Å². The fraction of sp³-hybridized carbons (Fsp3) is 0.933. The number of aliphatic carboxylic acids is 1. The lowest BCUT2D eigenvalue weighted by molar-refractivity contribution is -0.138. The molecule has 0 saturated carbocycles. The Hall–Kier alpha value is -0.610. The molecule has 1 N–H and O–H groups in total. The summed E-state index contributed by atoms with van der Waals surface area (Å²) in [6.07, 6.45) is 5.36. The summed E-state index contributed by atoms with van der Waals surface area (Å²) in [7, 11) is 2.21. The van der Waals surface area contributed by atoms with Gasteiger partial charge in [0.15, 0.2) is 0 Å². The lowest BCUT2D eigenvalue weighted by atomic mass is 9.84. The molecule has 110 valence electrons. The molecule has 19 heavy (non-hydrogen) atoms. The van der Waals surface area contributed by atoms with E-state index in [0.717, 1.165) is 6.54 Å². The minimum atomic E-state index is -0.651. The number of likely N-dealkylation sites (N-methyl/N-ethyl adjacent to an activating group) is 1. The highest BCUT2D eigenvalue weighted by atomic mass is 16.4. The Balaban J connectivity index is 1.87. The highest BCUT2D eigenvalue weighted by Crippen LogP contribution is 2.28. The molecule has 0 aromatic heterocycles. The molecule has 0 radical (unpaired) electrons. The van der Waals surface area contributed by atoms with Crippen molar-refractivity contribution in [3.63, 3.8) is 0 Å². The number of hydrogen-bond acceptors (Lipinski definition) is 3. The molecule has 2 rings (SSSR count). The van der Waals surface area contributed by atoms with Crippen LogP contribution < -0.4 is 0 Å². The zero-order valence-electron chi connectivity index (χ0n) is 12.3. The van der Waals surface area contributed by atoms with Crippen molar-refractivity contribution in [2.45, 2.75) is 45.1 Å². The van der Waals surface area contributed by atoms with Crippen LogP contribution in [0.3, 0.4) is 0 Å². The number of nitrogens with zero attached hydrogens (tertiary/aromatic N) is 2. The van der Waals surface area contributed by atoms with Crippen molar-refractivity contribution in [3.05, 3.63) is 0 Å². The van der Waals surface area contributed by atoms with Gasteiger partial charge in [-0.25, -0.2) is 0 Å². The fourth-order valence-electron chi connectivity index (χ4n) is 3.72. The molecule has 3 atom stereocenters. The Labute approximate surface area is 116 Å². The van der Waals surface area contributed by atoms with E-state index in [1.54, 1.807) is 0 Å². The van der Waals surface area contributed by atoms with Gasteiger partial charge in [0.05, 0.1) is 0 Å². The summed E-state index contributed by atoms with van der Waals surface area (Å²) in [6, 6.07) is 0.693. The topological polar surface area (TPSA) is 43.8 Å². The van der Waals surface area contributed by atoms with Crippen LogP contribution in [0.5, 0.6) is 0 Å². The molecule has 0 spiro atoms. The Morgan fingerprint density at radius 1 is 1.26 bits per heavy atom. The van der Waals surface area contributed by atoms with Crippen LogP contribution in [0.4, 0.5) is 0 Å². The largest absolute Gasteiger partial charge is 0.481 e. The number of carboxylic acid groups (broad SMARTS) is 1. The summed E-state index contributed by atoms with van der Waals surface area (Å²) >= 11 is 0. The van der Waals surface area contributed by atoms with E-state index >= 15 is 0 Å². The van der Waals surface area contributed by atoms with Crippen LogP contribution >= 0.6 is 0 Å². The lowest BCUT2D eigenvalue weighted by Gasteiger charge is -2.43. The Kier molecular flexibility index (Phi) is 5.22. The van der Waals surface area contributed by atoms with Gasteiger partial charge in [0, 0.05) is 25.6 Å². The second kappa shape index (κ2) is 6.71.